The van der Waals surface area contributed by atoms with E-state index >= 15 is 0 Å². The quantitative estimate of drug-likeness (QED) is 0.635. The largest absolute Gasteiger partial charge is 0.329 e. The highest BCUT2D eigenvalue weighted by atomic mass is 32.2. The zero-order valence-electron chi connectivity index (χ0n) is 10.3. The molecule has 96 valence electrons. The second-order valence-electron chi connectivity index (χ2n) is 4.66. The standard InChI is InChI=1S/C12H16N4OS/c1-18-12-14-5-8-7-16(11(17)10(8)15-12)9-3-2-4-13-6-9/h5,9,13H,2-4,6-7H2,1H3/t9-/m0/s1. The van der Waals surface area contributed by atoms with E-state index in [0.29, 0.717) is 23.4 Å². The van der Waals surface area contributed by atoms with Crippen LogP contribution in [0.1, 0.15) is 28.9 Å². The van der Waals surface area contributed by atoms with Gasteiger partial charge in [0.25, 0.3) is 5.91 Å². The highest BCUT2D eigenvalue weighted by Gasteiger charge is 2.34. The first kappa shape index (κ1) is 11.9. The van der Waals surface area contributed by atoms with E-state index in [1.54, 1.807) is 6.20 Å². The number of hydrogen-bond acceptors (Lipinski definition) is 5. The van der Waals surface area contributed by atoms with Gasteiger partial charge in [-0.1, -0.05) is 11.8 Å². The Hall–Kier alpha value is -1.14. The van der Waals surface area contributed by atoms with E-state index in [2.05, 4.69) is 15.3 Å². The molecular weight excluding hydrogens is 248 g/mol. The van der Waals surface area contributed by atoms with Gasteiger partial charge in [-0.2, -0.15) is 0 Å². The summed E-state index contributed by atoms with van der Waals surface area (Å²) in [4.78, 5) is 22.9. The van der Waals surface area contributed by atoms with Crippen LogP contribution in [0.2, 0.25) is 0 Å². The fourth-order valence-electron chi connectivity index (χ4n) is 2.58. The number of amides is 1. The Bertz CT molecular complexity index is 473. The van der Waals surface area contributed by atoms with Crippen LogP contribution in [0.5, 0.6) is 0 Å². The Morgan fingerprint density at radius 1 is 1.56 bits per heavy atom. The number of thioether (sulfide) groups is 1. The van der Waals surface area contributed by atoms with Gasteiger partial charge in [0, 0.05) is 24.3 Å². The van der Waals surface area contributed by atoms with Crippen molar-refractivity contribution in [2.75, 3.05) is 19.3 Å². The van der Waals surface area contributed by atoms with Crippen molar-refractivity contribution >= 4 is 17.7 Å². The van der Waals surface area contributed by atoms with Crippen molar-refractivity contribution in [1.29, 1.82) is 0 Å². The van der Waals surface area contributed by atoms with E-state index in [0.717, 1.165) is 31.5 Å². The lowest BCUT2D eigenvalue weighted by molar-refractivity contribution is 0.0670. The first-order valence-electron chi connectivity index (χ1n) is 6.21. The van der Waals surface area contributed by atoms with Crippen LogP contribution in [0.15, 0.2) is 11.4 Å². The van der Waals surface area contributed by atoms with Crippen LogP contribution in [0, 0.1) is 0 Å². The lowest BCUT2D eigenvalue weighted by atomic mass is 10.1. The van der Waals surface area contributed by atoms with Crippen molar-refractivity contribution in [3.05, 3.63) is 17.5 Å². The second kappa shape index (κ2) is 4.85. The Kier molecular flexibility index (Phi) is 3.22. The molecule has 1 atom stereocenters. The molecule has 0 unspecified atom stereocenters. The molecule has 0 spiro atoms. The molecule has 0 bridgehead atoms. The van der Waals surface area contributed by atoms with Crippen molar-refractivity contribution in [2.45, 2.75) is 30.6 Å². The summed E-state index contributed by atoms with van der Waals surface area (Å²) >= 11 is 1.47. The predicted octanol–water partition coefficient (Wildman–Crippen LogP) is 0.906. The Morgan fingerprint density at radius 2 is 2.44 bits per heavy atom. The van der Waals surface area contributed by atoms with Gasteiger partial charge in [0.05, 0.1) is 6.54 Å². The summed E-state index contributed by atoms with van der Waals surface area (Å²) in [5.74, 6) is 0.0661. The van der Waals surface area contributed by atoms with Gasteiger partial charge in [-0.05, 0) is 25.6 Å². The molecule has 18 heavy (non-hydrogen) atoms. The van der Waals surface area contributed by atoms with Gasteiger partial charge in [-0.25, -0.2) is 9.97 Å². The number of fused-ring (bicyclic) bond motifs is 1. The van der Waals surface area contributed by atoms with Crippen molar-refractivity contribution in [3.8, 4) is 0 Å². The number of carbonyl (C=O) groups is 1. The molecule has 0 aromatic carbocycles. The van der Waals surface area contributed by atoms with Gasteiger partial charge in [0.2, 0.25) is 0 Å². The molecule has 1 aromatic heterocycles. The van der Waals surface area contributed by atoms with Gasteiger partial charge in [0.15, 0.2) is 5.16 Å². The summed E-state index contributed by atoms with van der Waals surface area (Å²) in [6, 6.07) is 0.304. The summed E-state index contributed by atoms with van der Waals surface area (Å²) in [5, 5.41) is 4.02. The summed E-state index contributed by atoms with van der Waals surface area (Å²) in [6.07, 6.45) is 5.92. The normalized spacial score (nSPS) is 23.3. The fraction of sp³-hybridized carbons (Fsp3) is 0.583. The number of piperidine rings is 1. The molecule has 2 aliphatic rings. The first-order chi connectivity index (χ1) is 8.79. The second-order valence-corrected chi connectivity index (χ2v) is 5.44. The molecule has 1 fully saturated rings. The highest BCUT2D eigenvalue weighted by molar-refractivity contribution is 7.98. The average molecular weight is 264 g/mol. The van der Waals surface area contributed by atoms with E-state index in [-0.39, 0.29) is 5.91 Å². The molecule has 1 N–H and O–H groups in total. The van der Waals surface area contributed by atoms with Crippen LogP contribution >= 0.6 is 11.8 Å². The first-order valence-corrected chi connectivity index (χ1v) is 7.43. The minimum absolute atomic E-state index is 0.0661. The Morgan fingerprint density at radius 3 is 3.17 bits per heavy atom. The number of rotatable bonds is 2. The highest BCUT2D eigenvalue weighted by Crippen LogP contribution is 2.26. The molecule has 3 rings (SSSR count). The maximum Gasteiger partial charge on any atom is 0.273 e. The van der Waals surface area contributed by atoms with Crippen LogP contribution in [-0.4, -0.2) is 46.2 Å². The third-order valence-corrected chi connectivity index (χ3v) is 4.10. The van der Waals surface area contributed by atoms with Gasteiger partial charge in [-0.15, -0.1) is 0 Å². The average Bonchev–Trinajstić information content (AvgIpc) is 2.77. The van der Waals surface area contributed by atoms with Crippen molar-refractivity contribution in [3.63, 3.8) is 0 Å². The summed E-state index contributed by atoms with van der Waals surface area (Å²) in [5.41, 5.74) is 1.56. The molecule has 6 heteroatoms. The van der Waals surface area contributed by atoms with Crippen LogP contribution in [0.25, 0.3) is 0 Å². The van der Waals surface area contributed by atoms with E-state index < -0.39 is 0 Å². The van der Waals surface area contributed by atoms with Crippen LogP contribution < -0.4 is 5.32 Å². The van der Waals surface area contributed by atoms with E-state index in [9.17, 15) is 4.79 Å². The minimum atomic E-state index is 0.0661. The summed E-state index contributed by atoms with van der Waals surface area (Å²) in [7, 11) is 0. The molecule has 2 aliphatic heterocycles. The number of hydrogen-bond donors (Lipinski definition) is 1. The molecule has 1 aromatic rings. The van der Waals surface area contributed by atoms with E-state index in [1.165, 1.54) is 11.8 Å². The molecule has 0 saturated carbocycles. The van der Waals surface area contributed by atoms with Gasteiger partial charge >= 0.3 is 0 Å². The maximum atomic E-state index is 12.4. The monoisotopic (exact) mass is 264 g/mol. The van der Waals surface area contributed by atoms with Crippen molar-refractivity contribution in [1.82, 2.24) is 20.2 Å². The third kappa shape index (κ3) is 1.99. The van der Waals surface area contributed by atoms with Crippen LogP contribution in [-0.2, 0) is 6.54 Å². The Labute approximate surface area is 110 Å². The SMILES string of the molecule is CSc1ncc2c(n1)C(=O)N([C@H]1CCCNC1)C2. The molecule has 0 aliphatic carbocycles. The minimum Gasteiger partial charge on any atom is -0.329 e. The number of nitrogens with one attached hydrogen (secondary N) is 1. The lowest BCUT2D eigenvalue weighted by Gasteiger charge is -2.31. The van der Waals surface area contributed by atoms with Crippen molar-refractivity contribution in [2.24, 2.45) is 0 Å². The molecular formula is C12H16N4OS. The predicted molar refractivity (Wildman–Crippen MR) is 69.6 cm³/mol. The number of carbonyl (C=O) groups excluding carboxylic acids is 1. The van der Waals surface area contributed by atoms with Crippen LogP contribution in [0.4, 0.5) is 0 Å². The van der Waals surface area contributed by atoms with Gasteiger partial charge in [-0.3, -0.25) is 4.79 Å². The Balaban J connectivity index is 1.84. The topological polar surface area (TPSA) is 58.1 Å². The molecule has 0 radical (unpaired) electrons. The zero-order valence-corrected chi connectivity index (χ0v) is 11.2. The van der Waals surface area contributed by atoms with Crippen LogP contribution in [0.3, 0.4) is 0 Å². The lowest BCUT2D eigenvalue weighted by Crippen LogP contribution is -2.46. The molecule has 5 nitrogen and oxygen atoms in total. The fourth-order valence-corrected chi connectivity index (χ4v) is 2.92. The smallest absolute Gasteiger partial charge is 0.273 e. The molecule has 1 amide bonds. The summed E-state index contributed by atoms with van der Waals surface area (Å²) in [6.45, 7) is 2.61. The number of aromatic nitrogens is 2. The molecule has 1 saturated heterocycles. The van der Waals surface area contributed by atoms with E-state index in [4.69, 9.17) is 0 Å². The number of nitrogens with zero attached hydrogens (tertiary/aromatic N) is 3. The molecule has 3 heterocycles. The van der Waals surface area contributed by atoms with Gasteiger partial charge < -0.3 is 10.2 Å². The van der Waals surface area contributed by atoms with E-state index in [1.807, 2.05) is 11.2 Å². The third-order valence-electron chi connectivity index (χ3n) is 3.54. The maximum absolute atomic E-state index is 12.4. The summed E-state index contributed by atoms with van der Waals surface area (Å²) < 4.78 is 0. The van der Waals surface area contributed by atoms with Crippen molar-refractivity contribution < 1.29 is 4.79 Å². The zero-order chi connectivity index (χ0) is 12.5. The van der Waals surface area contributed by atoms with Gasteiger partial charge in [0.1, 0.15) is 5.69 Å².